The van der Waals surface area contributed by atoms with Crippen LogP contribution in [0.25, 0.3) is 0 Å². The van der Waals surface area contributed by atoms with Gasteiger partial charge in [0.05, 0.1) is 10.3 Å². The van der Waals surface area contributed by atoms with Crippen molar-refractivity contribution in [2.45, 2.75) is 32.7 Å². The van der Waals surface area contributed by atoms with Crippen LogP contribution in [0.5, 0.6) is 0 Å². The summed E-state index contributed by atoms with van der Waals surface area (Å²) in [5.74, 6) is 0. The minimum Gasteiger partial charge on any atom is -0.375 e. The highest BCUT2D eigenvalue weighted by molar-refractivity contribution is 7.15. The quantitative estimate of drug-likeness (QED) is 0.771. The highest BCUT2D eigenvalue weighted by Crippen LogP contribution is 2.37. The molecule has 0 saturated carbocycles. The Bertz CT molecular complexity index is 540. The molecule has 4 heteroatoms. The molecule has 1 N–H and O–H groups in total. The topological polar surface area (TPSA) is 32.1 Å². The molecule has 0 spiro atoms. The zero-order valence-electron chi connectivity index (χ0n) is 9.82. The molecule has 1 aliphatic heterocycles. The smallest absolute Gasteiger partial charge is 0.323 e. The number of fused-ring (bicyclic) bond motifs is 1. The zero-order chi connectivity index (χ0) is 11.8. The van der Waals surface area contributed by atoms with Crippen LogP contribution in [0, 0.1) is 4.91 Å². The van der Waals surface area contributed by atoms with Gasteiger partial charge >= 0.3 is 5.00 Å². The largest absolute Gasteiger partial charge is 0.375 e. The number of thiophene rings is 1. The maximum atomic E-state index is 12.4. The van der Waals surface area contributed by atoms with Crippen molar-refractivity contribution in [2.75, 3.05) is 0 Å². The fourth-order valence-electron chi connectivity index (χ4n) is 2.29. The Kier molecular flexibility index (Phi) is 2.59. The van der Waals surface area contributed by atoms with Crippen LogP contribution in [0.3, 0.4) is 0 Å². The van der Waals surface area contributed by atoms with Gasteiger partial charge in [-0.15, -0.1) is 0 Å². The van der Waals surface area contributed by atoms with Crippen LogP contribution >= 0.6 is 11.3 Å². The number of rotatable bonds is 1. The third kappa shape index (κ3) is 1.72. The van der Waals surface area contributed by atoms with Gasteiger partial charge in [-0.25, -0.2) is 0 Å². The van der Waals surface area contributed by atoms with E-state index in [1.165, 1.54) is 4.88 Å². The predicted octanol–water partition coefficient (Wildman–Crippen LogP) is 3.39. The molecule has 2 aliphatic rings. The number of allylic oxidation sites excluding steroid dienone is 3. The summed E-state index contributed by atoms with van der Waals surface area (Å²) in [6.45, 7) is 2.88. The van der Waals surface area contributed by atoms with E-state index >= 15 is 0 Å². The third-order valence-electron chi connectivity index (χ3n) is 3.23. The van der Waals surface area contributed by atoms with Crippen molar-refractivity contribution < 1.29 is 4.76 Å². The van der Waals surface area contributed by atoms with Crippen LogP contribution in [-0.4, -0.2) is 4.76 Å². The average molecular weight is 247 g/mol. The van der Waals surface area contributed by atoms with Crippen molar-refractivity contribution >= 4 is 16.3 Å². The standard InChI is InChI=1S/C13H15N2OS/c1-2-10-7-9-8-14-11-5-3-4-6-12(11)15(16)13(9)17-10/h3,5,7,14H,2,4,6,8H2,1H3/q+1. The number of hydrogen-bond donors (Lipinski definition) is 1. The molecule has 0 atom stereocenters. The molecule has 88 valence electrons. The molecule has 17 heavy (non-hydrogen) atoms. The van der Waals surface area contributed by atoms with Crippen LogP contribution in [0.4, 0.5) is 5.00 Å². The number of nitrogens with one attached hydrogen (secondary N) is 1. The number of aryl methyl sites for hydroxylation is 1. The molecule has 0 radical (unpaired) electrons. The van der Waals surface area contributed by atoms with Crippen LogP contribution in [0.2, 0.25) is 0 Å². The Balaban J connectivity index is 2.07. The van der Waals surface area contributed by atoms with Gasteiger partial charge in [0.1, 0.15) is 5.70 Å². The molecule has 1 aliphatic carbocycles. The van der Waals surface area contributed by atoms with Crippen LogP contribution in [-0.2, 0) is 13.0 Å². The predicted molar refractivity (Wildman–Crippen MR) is 69.2 cm³/mol. The number of nitrogens with zero attached hydrogens (tertiary/aromatic N) is 1. The van der Waals surface area contributed by atoms with Crippen molar-refractivity contribution in [2.24, 2.45) is 0 Å². The Hall–Kier alpha value is -1.42. The van der Waals surface area contributed by atoms with E-state index in [0.29, 0.717) is 0 Å². The lowest BCUT2D eigenvalue weighted by atomic mass is 10.1. The van der Waals surface area contributed by atoms with Crippen LogP contribution < -0.4 is 5.32 Å². The second-order valence-electron chi connectivity index (χ2n) is 4.35. The summed E-state index contributed by atoms with van der Waals surface area (Å²) in [5.41, 5.74) is 3.01. The van der Waals surface area contributed by atoms with Crippen molar-refractivity contribution in [3.8, 4) is 0 Å². The lowest BCUT2D eigenvalue weighted by Gasteiger charge is -2.07. The van der Waals surface area contributed by atoms with E-state index in [0.717, 1.165) is 52.5 Å². The Labute approximate surface area is 104 Å². The van der Waals surface area contributed by atoms with Gasteiger partial charge in [0.2, 0.25) is 0 Å². The molecule has 1 aromatic heterocycles. The van der Waals surface area contributed by atoms with E-state index in [1.54, 1.807) is 11.3 Å². The Morgan fingerprint density at radius 1 is 1.53 bits per heavy atom. The van der Waals surface area contributed by atoms with E-state index in [4.69, 9.17) is 0 Å². The van der Waals surface area contributed by atoms with E-state index in [-0.39, 0.29) is 0 Å². The maximum Gasteiger partial charge on any atom is 0.323 e. The summed E-state index contributed by atoms with van der Waals surface area (Å²) in [5, 5.41) is 4.24. The molecule has 0 bridgehead atoms. The highest BCUT2D eigenvalue weighted by Gasteiger charge is 2.33. The third-order valence-corrected chi connectivity index (χ3v) is 4.52. The van der Waals surface area contributed by atoms with E-state index in [1.807, 2.05) is 6.08 Å². The molecular weight excluding hydrogens is 232 g/mol. The first-order chi connectivity index (χ1) is 8.29. The van der Waals surface area contributed by atoms with Gasteiger partial charge in [0.15, 0.2) is 0 Å². The monoisotopic (exact) mass is 247 g/mol. The lowest BCUT2D eigenvalue weighted by Crippen LogP contribution is -2.14. The number of hydrogen-bond acceptors (Lipinski definition) is 3. The zero-order valence-corrected chi connectivity index (χ0v) is 10.6. The minimum absolute atomic E-state index is 0.758. The second-order valence-corrected chi connectivity index (χ2v) is 5.46. The van der Waals surface area contributed by atoms with Gasteiger partial charge in [0, 0.05) is 22.7 Å². The normalized spacial score (nSPS) is 18.5. The molecule has 0 unspecified atom stereocenters. The van der Waals surface area contributed by atoms with Crippen molar-refractivity contribution in [3.63, 3.8) is 0 Å². The minimum atomic E-state index is 0.758. The summed E-state index contributed by atoms with van der Waals surface area (Å²) in [6, 6.07) is 2.15. The first kappa shape index (κ1) is 10.7. The van der Waals surface area contributed by atoms with Gasteiger partial charge in [-0.3, -0.25) is 0 Å². The van der Waals surface area contributed by atoms with Crippen LogP contribution in [0.1, 0.15) is 30.2 Å². The van der Waals surface area contributed by atoms with Gasteiger partial charge in [-0.1, -0.05) is 24.3 Å². The Morgan fingerprint density at radius 3 is 3.24 bits per heavy atom. The summed E-state index contributed by atoms with van der Waals surface area (Å²) < 4.78 is 1.14. The van der Waals surface area contributed by atoms with E-state index < -0.39 is 0 Å². The molecule has 1 aromatic rings. The molecule has 0 fully saturated rings. The first-order valence-corrected chi connectivity index (χ1v) is 6.83. The lowest BCUT2D eigenvalue weighted by molar-refractivity contribution is -0.407. The molecule has 0 amide bonds. The van der Waals surface area contributed by atoms with Crippen LogP contribution in [0.15, 0.2) is 29.6 Å². The summed E-state index contributed by atoms with van der Waals surface area (Å²) in [7, 11) is 0. The summed E-state index contributed by atoms with van der Waals surface area (Å²) in [4.78, 5) is 13.7. The second kappa shape index (κ2) is 4.11. The highest BCUT2D eigenvalue weighted by atomic mass is 32.1. The van der Waals surface area contributed by atoms with Gasteiger partial charge in [-0.2, -0.15) is 0 Å². The van der Waals surface area contributed by atoms with Gasteiger partial charge in [-0.05, 0) is 25.0 Å². The molecule has 3 rings (SSSR count). The van der Waals surface area contributed by atoms with E-state index in [2.05, 4.69) is 24.4 Å². The van der Waals surface area contributed by atoms with Gasteiger partial charge in [0.25, 0.3) is 5.70 Å². The molecular formula is C13H15N2OS+. The maximum absolute atomic E-state index is 12.4. The molecule has 3 nitrogen and oxygen atoms in total. The van der Waals surface area contributed by atoms with Crippen molar-refractivity contribution in [1.82, 2.24) is 5.32 Å². The Morgan fingerprint density at radius 2 is 2.41 bits per heavy atom. The summed E-state index contributed by atoms with van der Waals surface area (Å²) >= 11 is 1.63. The fraction of sp³-hybridized carbons (Fsp3) is 0.385. The average Bonchev–Trinajstić information content (AvgIpc) is 2.74. The number of nitroso groups, excluding NO2 is 1. The van der Waals surface area contributed by atoms with Gasteiger partial charge < -0.3 is 5.32 Å². The fourth-order valence-corrected chi connectivity index (χ4v) is 3.33. The first-order valence-electron chi connectivity index (χ1n) is 6.02. The molecule has 2 heterocycles. The SMILES string of the molecule is CCc1cc2c(s1)[N+](=O)C1=C(C=CCC1)NC2. The van der Waals surface area contributed by atoms with Crippen molar-refractivity contribution in [3.05, 3.63) is 45.0 Å². The van der Waals surface area contributed by atoms with Crippen molar-refractivity contribution in [1.29, 1.82) is 0 Å². The summed E-state index contributed by atoms with van der Waals surface area (Å²) in [6.07, 6.45) is 6.94. The van der Waals surface area contributed by atoms with E-state index in [9.17, 15) is 4.91 Å². The molecule has 0 saturated heterocycles. The molecule has 0 aromatic carbocycles.